The summed E-state index contributed by atoms with van der Waals surface area (Å²) >= 11 is 0. The van der Waals surface area contributed by atoms with Crippen LogP contribution < -0.4 is 21.9 Å². The Hall–Kier alpha value is -5.10. The average molecular weight is 900 g/mol. The molecular formula is C34H12BF23S. The van der Waals surface area contributed by atoms with Gasteiger partial charge in [-0.05, 0) is 23.0 Å². The Balaban J connectivity index is 0.000000464. The normalized spacial score (nSPS) is 12.0. The minimum Gasteiger partial charge on any atom is -0.207 e. The monoisotopic (exact) mass is 900 g/mol. The van der Waals surface area contributed by atoms with Crippen molar-refractivity contribution in [3.8, 4) is 0 Å². The first-order chi connectivity index (χ1) is 27.1. The van der Waals surface area contributed by atoms with Gasteiger partial charge in [0.1, 0.15) is 58.4 Å². The van der Waals surface area contributed by atoms with Crippen molar-refractivity contribution in [1.29, 1.82) is 0 Å². The first-order valence-corrected chi connectivity index (χ1v) is 17.2. The molecule has 318 valence electrons. The average Bonchev–Trinajstić information content (AvgIpc) is 3.17. The Morgan fingerprint density at radius 3 is 0.695 bits per heavy atom. The third-order valence-electron chi connectivity index (χ3n) is 8.44. The van der Waals surface area contributed by atoms with E-state index < -0.39 is 156 Å². The Kier molecular flexibility index (Phi) is 13.0. The number of hydrogen-bond donors (Lipinski definition) is 0. The summed E-state index contributed by atoms with van der Waals surface area (Å²) in [5.74, 6) is -70.6. The lowest BCUT2D eigenvalue weighted by Gasteiger charge is -2.44. The molecule has 5 aromatic carbocycles. The van der Waals surface area contributed by atoms with Crippen molar-refractivity contribution in [1.82, 2.24) is 0 Å². The van der Waals surface area contributed by atoms with Gasteiger partial charge >= 0.3 is 6.18 Å². The Morgan fingerprint density at radius 1 is 0.339 bits per heavy atom. The predicted molar refractivity (Wildman–Crippen MR) is 164 cm³/mol. The molecule has 5 aromatic rings. The molecule has 0 aliphatic heterocycles. The quantitative estimate of drug-likeness (QED) is 0.0526. The third-order valence-corrected chi connectivity index (χ3v) is 9.35. The summed E-state index contributed by atoms with van der Waals surface area (Å²) < 4.78 is 331. The Labute approximate surface area is 316 Å². The number of alkyl halides is 3. The topological polar surface area (TPSA) is 0 Å². The maximum atomic E-state index is 15.4. The second-order valence-electron chi connectivity index (χ2n) is 12.1. The zero-order valence-electron chi connectivity index (χ0n) is 28.2. The summed E-state index contributed by atoms with van der Waals surface area (Å²) in [7, 11) is 0.224. The van der Waals surface area contributed by atoms with E-state index >= 15 is 35.1 Å². The van der Waals surface area contributed by atoms with Crippen LogP contribution in [-0.4, -0.2) is 18.7 Å². The van der Waals surface area contributed by atoms with E-state index in [-0.39, 0.29) is 10.9 Å². The molecule has 0 amide bonds. The minimum atomic E-state index is -7.22. The van der Waals surface area contributed by atoms with Crippen molar-refractivity contribution in [2.24, 2.45) is 0 Å². The summed E-state index contributed by atoms with van der Waals surface area (Å²) in [6, 6.07) is 5.38. The van der Waals surface area contributed by atoms with Crippen LogP contribution in [0.3, 0.4) is 0 Å². The van der Waals surface area contributed by atoms with Gasteiger partial charge in [0.05, 0.1) is 18.1 Å². The fourth-order valence-corrected chi connectivity index (χ4v) is 6.86. The Bertz CT molecular complexity index is 2100. The molecule has 0 spiro atoms. The van der Waals surface area contributed by atoms with Crippen LogP contribution in [-0.2, 0) is 22.8 Å². The number of halogens is 23. The lowest BCUT2D eigenvalue weighted by molar-refractivity contribution is -0.137. The molecule has 0 nitrogen and oxygen atoms in total. The highest BCUT2D eigenvalue weighted by molar-refractivity contribution is 7.94. The molecule has 0 fully saturated rings. The van der Waals surface area contributed by atoms with Gasteiger partial charge in [-0.2, -0.15) is 13.2 Å². The summed E-state index contributed by atoms with van der Waals surface area (Å²) in [6.07, 6.45) is -7.31. The van der Waals surface area contributed by atoms with Crippen LogP contribution in [0.2, 0.25) is 0 Å². The van der Waals surface area contributed by atoms with E-state index in [0.29, 0.717) is 0 Å². The van der Waals surface area contributed by atoms with E-state index in [2.05, 4.69) is 12.5 Å². The van der Waals surface area contributed by atoms with Gasteiger partial charge in [0.15, 0.2) is 69.8 Å². The highest BCUT2D eigenvalue weighted by Gasteiger charge is 2.52. The maximum Gasteiger partial charge on any atom is 0.416 e. The summed E-state index contributed by atoms with van der Waals surface area (Å²) in [4.78, 5) is 0. The smallest absolute Gasteiger partial charge is 0.207 e. The van der Waals surface area contributed by atoms with Gasteiger partial charge in [-0.3, -0.25) is 0 Å². The van der Waals surface area contributed by atoms with Crippen molar-refractivity contribution >= 4 is 38.9 Å². The van der Waals surface area contributed by atoms with Crippen LogP contribution in [0.1, 0.15) is 11.1 Å². The molecule has 0 radical (unpaired) electrons. The fourth-order valence-electron chi connectivity index (χ4n) is 6.00. The molecule has 25 heteroatoms. The lowest BCUT2D eigenvalue weighted by atomic mass is 9.12. The van der Waals surface area contributed by atoms with Crippen LogP contribution in [0, 0.1) is 116 Å². The molecule has 0 aromatic heterocycles. The zero-order valence-corrected chi connectivity index (χ0v) is 29.0. The molecule has 0 atom stereocenters. The molecule has 0 saturated heterocycles. The second-order valence-corrected chi connectivity index (χ2v) is 14.4. The summed E-state index contributed by atoms with van der Waals surface area (Å²) in [5, 5.41) is 0. The highest BCUT2D eigenvalue weighted by atomic mass is 32.2. The van der Waals surface area contributed by atoms with Gasteiger partial charge in [0.2, 0.25) is 0 Å². The third kappa shape index (κ3) is 7.53. The van der Waals surface area contributed by atoms with Gasteiger partial charge < -0.3 is 0 Å². The van der Waals surface area contributed by atoms with Crippen molar-refractivity contribution in [2.45, 2.75) is 11.9 Å². The lowest BCUT2D eigenvalue weighted by Crippen LogP contribution is -2.81. The molecule has 59 heavy (non-hydrogen) atoms. The number of benzene rings is 5. The van der Waals surface area contributed by atoms with E-state index in [1.807, 2.05) is 0 Å². The second kappa shape index (κ2) is 16.5. The fraction of sp³-hybridized carbons (Fsp3) is 0.118. The molecule has 5 rings (SSSR count). The summed E-state index contributed by atoms with van der Waals surface area (Å²) in [6.45, 7) is 0. The van der Waals surface area contributed by atoms with E-state index in [1.54, 1.807) is 12.1 Å². The largest absolute Gasteiger partial charge is 0.416 e. The summed E-state index contributed by atoms with van der Waals surface area (Å²) in [5.41, 5.74) is -13.9. The van der Waals surface area contributed by atoms with Crippen LogP contribution in [0.4, 0.5) is 101 Å². The molecule has 0 N–H and O–H groups in total. The van der Waals surface area contributed by atoms with E-state index in [4.69, 9.17) is 0 Å². The molecule has 0 unspecified atom stereocenters. The van der Waals surface area contributed by atoms with Crippen molar-refractivity contribution in [3.63, 3.8) is 0 Å². The van der Waals surface area contributed by atoms with Crippen molar-refractivity contribution in [3.05, 3.63) is 152 Å². The van der Waals surface area contributed by atoms with Crippen molar-refractivity contribution in [2.75, 3.05) is 12.5 Å². The van der Waals surface area contributed by atoms with Crippen molar-refractivity contribution < 1.29 is 101 Å². The molecule has 0 aliphatic carbocycles. The van der Waals surface area contributed by atoms with Gasteiger partial charge in [0, 0.05) is 5.56 Å². The predicted octanol–water partition coefficient (Wildman–Crippen LogP) is 8.93. The number of rotatable bonds is 6. The Morgan fingerprint density at radius 2 is 0.525 bits per heavy atom. The number of hydrogen-bond acceptors (Lipinski definition) is 0. The molecule has 0 heterocycles. The van der Waals surface area contributed by atoms with Crippen LogP contribution >= 0.6 is 0 Å². The molecule has 0 bridgehead atoms. The first kappa shape index (κ1) is 46.6. The molecular weight excluding hydrogens is 888 g/mol. The molecule has 0 saturated carbocycles. The first-order valence-electron chi connectivity index (χ1n) is 15.0. The van der Waals surface area contributed by atoms with Gasteiger partial charge in [0.25, 0.3) is 0 Å². The van der Waals surface area contributed by atoms with E-state index in [9.17, 15) is 65.9 Å². The highest BCUT2D eigenvalue weighted by Crippen LogP contribution is 2.32. The van der Waals surface area contributed by atoms with Gasteiger partial charge in [-0.15, -0.1) is 21.9 Å². The van der Waals surface area contributed by atoms with Gasteiger partial charge in [-0.1, -0.05) is 12.1 Å². The van der Waals surface area contributed by atoms with Crippen LogP contribution in [0.5, 0.6) is 0 Å². The van der Waals surface area contributed by atoms with E-state index in [0.717, 1.165) is 23.4 Å². The van der Waals surface area contributed by atoms with Gasteiger partial charge in [-0.25, -0.2) is 87.8 Å². The minimum absolute atomic E-state index is 0.224. The van der Waals surface area contributed by atoms with E-state index in [1.165, 1.54) is 0 Å². The van der Waals surface area contributed by atoms with Crippen LogP contribution in [0.25, 0.3) is 0 Å². The zero-order chi connectivity index (χ0) is 45.1. The SMILES string of the molecule is C[S+](C)Cc1ccc(C(F)(F)F)cc1.Fc1c(F)c(F)c([B-](c2c(F)c(F)c(F)c(F)c2F)(c2c(F)c(F)c(F)c(F)c2F)c2c(F)c(F)c(F)c(F)c2F)c(F)c1F. The molecule has 0 aliphatic rings. The van der Waals surface area contributed by atoms with Crippen LogP contribution in [0.15, 0.2) is 24.3 Å². The maximum absolute atomic E-state index is 15.4. The standard InChI is InChI=1S/C24BF20.C10H12F3S/c26-5-1(6(27)14(35)21(42)13(5)34)25(2-7(28)15(36)22(43)16(37)8(2)29,3-9(30)17(38)23(44)18(39)10(3)31)4-11(32)19(40)24(45)20(41)12(4)33;1-14(2)7-8-3-5-9(6-4-8)10(11,12)13/h;3-6H,7H2,1-2H3/q-1;+1.